The van der Waals surface area contributed by atoms with Gasteiger partial charge in [0.2, 0.25) is 0 Å². The van der Waals surface area contributed by atoms with Crippen LogP contribution in [0.5, 0.6) is 0 Å². The summed E-state index contributed by atoms with van der Waals surface area (Å²) in [7, 11) is -1.83. The molecule has 0 saturated heterocycles. The smallest absolute Gasteiger partial charge is 0.0451 e. The maximum atomic E-state index is 14.1. The van der Waals surface area contributed by atoms with Crippen LogP contribution < -0.4 is 42.1 Å². The Morgan fingerprint density at radius 2 is 0.792 bits per heavy atom. The summed E-state index contributed by atoms with van der Waals surface area (Å²) in [5, 5.41) is 41.8. The third-order valence-electron chi connectivity index (χ3n) is 9.01. The Morgan fingerprint density at radius 1 is 0.479 bits per heavy atom. The van der Waals surface area contributed by atoms with Crippen molar-refractivity contribution in [3.8, 4) is 0 Å². The molecule has 0 aromatic heterocycles. The Kier molecular flexibility index (Phi) is 10.0. The highest BCUT2D eigenvalue weighted by Crippen LogP contribution is 2.50. The molecule has 4 nitrogen and oxygen atoms in total. The number of nitrogens with one attached hydrogen (secondary N) is 2. The van der Waals surface area contributed by atoms with Crippen LogP contribution in [-0.4, -0.2) is 12.1 Å². The third kappa shape index (κ3) is 6.97. The second kappa shape index (κ2) is 15.1. The van der Waals surface area contributed by atoms with Crippen molar-refractivity contribution in [2.24, 2.45) is 0 Å². The van der Waals surface area contributed by atoms with E-state index < -0.39 is 15.8 Å². The summed E-state index contributed by atoms with van der Waals surface area (Å²) >= 11 is 0. The SMILES string of the molecule is [O-]C(N[C@@H]1CCCC[C@H]1N/C([O-])=C1\C=CC=C1P(c1ccccc1)c1ccccc1)=C1C=CC=C1P(c1ccccc1)c1ccccc1. The first kappa shape index (κ1) is 32.0. The molecule has 3 aliphatic rings. The summed E-state index contributed by atoms with van der Waals surface area (Å²) in [5.74, 6) is -0.155. The van der Waals surface area contributed by atoms with E-state index in [-0.39, 0.29) is 23.8 Å². The van der Waals surface area contributed by atoms with Crippen LogP contribution in [0.25, 0.3) is 0 Å². The lowest BCUT2D eigenvalue weighted by Gasteiger charge is -2.39. The van der Waals surface area contributed by atoms with Gasteiger partial charge < -0.3 is 20.8 Å². The summed E-state index contributed by atoms with van der Waals surface area (Å²) in [6.07, 6.45) is 15.7. The second-order valence-corrected chi connectivity index (χ2v) is 16.5. The van der Waals surface area contributed by atoms with E-state index in [1.165, 1.54) is 21.2 Å². The van der Waals surface area contributed by atoms with Crippen LogP contribution in [0.4, 0.5) is 0 Å². The average molecular weight is 665 g/mol. The predicted molar refractivity (Wildman–Crippen MR) is 199 cm³/mol. The van der Waals surface area contributed by atoms with Crippen molar-refractivity contribution in [1.82, 2.24) is 10.6 Å². The summed E-state index contributed by atoms with van der Waals surface area (Å²) < 4.78 is 0. The fraction of sp³-hybridized carbons (Fsp3) is 0.143. The van der Waals surface area contributed by atoms with Crippen LogP contribution in [0.3, 0.4) is 0 Å². The lowest BCUT2D eigenvalue weighted by Crippen LogP contribution is -2.52. The van der Waals surface area contributed by atoms with Gasteiger partial charge in [-0.15, -0.1) is 0 Å². The van der Waals surface area contributed by atoms with Crippen LogP contribution >= 0.6 is 15.8 Å². The van der Waals surface area contributed by atoms with E-state index in [2.05, 4.69) is 120 Å². The molecule has 3 aliphatic carbocycles. The minimum atomic E-state index is -0.913. The molecule has 6 heteroatoms. The molecule has 1 fully saturated rings. The van der Waals surface area contributed by atoms with Crippen LogP contribution in [0.2, 0.25) is 0 Å². The Bertz CT molecular complexity index is 1680. The molecular weight excluding hydrogens is 626 g/mol. The van der Waals surface area contributed by atoms with Crippen molar-refractivity contribution < 1.29 is 10.2 Å². The first-order valence-electron chi connectivity index (χ1n) is 16.6. The Hall–Kier alpha value is -4.62. The van der Waals surface area contributed by atoms with E-state index in [1.54, 1.807) is 0 Å². The zero-order chi connectivity index (χ0) is 32.7. The Balaban J connectivity index is 1.15. The maximum Gasteiger partial charge on any atom is 0.0451 e. The third-order valence-corrected chi connectivity index (χ3v) is 14.0. The average Bonchev–Trinajstić information content (AvgIpc) is 3.82. The zero-order valence-corrected chi connectivity index (χ0v) is 28.5. The molecule has 0 unspecified atom stereocenters. The molecule has 48 heavy (non-hydrogen) atoms. The van der Waals surface area contributed by atoms with Gasteiger partial charge in [-0.1, -0.05) is 171 Å². The summed E-state index contributed by atoms with van der Waals surface area (Å²) in [5.41, 5.74) is 1.42. The molecular formula is C42H38N2O2P2-2. The molecule has 4 aromatic carbocycles. The summed E-state index contributed by atoms with van der Waals surface area (Å²) in [6.45, 7) is 0. The van der Waals surface area contributed by atoms with E-state index in [9.17, 15) is 10.2 Å². The van der Waals surface area contributed by atoms with Crippen molar-refractivity contribution in [2.45, 2.75) is 37.8 Å². The van der Waals surface area contributed by atoms with Gasteiger partial charge in [0.25, 0.3) is 0 Å². The van der Waals surface area contributed by atoms with Gasteiger partial charge in [0.15, 0.2) is 0 Å². The highest BCUT2D eigenvalue weighted by atomic mass is 31.1. The molecule has 0 aliphatic heterocycles. The molecule has 0 spiro atoms. The van der Waals surface area contributed by atoms with Crippen molar-refractivity contribution >= 4 is 37.1 Å². The minimum Gasteiger partial charge on any atom is -0.860 e. The first-order valence-corrected chi connectivity index (χ1v) is 19.3. The highest BCUT2D eigenvalue weighted by molar-refractivity contribution is 7.77. The van der Waals surface area contributed by atoms with Gasteiger partial charge in [-0.25, -0.2) is 0 Å². The second-order valence-electron chi connectivity index (χ2n) is 12.1. The van der Waals surface area contributed by atoms with Gasteiger partial charge in [-0.3, -0.25) is 0 Å². The monoisotopic (exact) mass is 664 g/mol. The van der Waals surface area contributed by atoms with Crippen LogP contribution in [0.1, 0.15) is 25.7 Å². The maximum absolute atomic E-state index is 14.1. The molecule has 0 bridgehead atoms. The van der Waals surface area contributed by atoms with Crippen molar-refractivity contribution in [2.75, 3.05) is 0 Å². The number of rotatable bonds is 10. The number of hydrogen-bond donors (Lipinski definition) is 2. The molecule has 0 heterocycles. The molecule has 7 rings (SSSR count). The molecule has 1 saturated carbocycles. The van der Waals surface area contributed by atoms with E-state index in [4.69, 9.17) is 0 Å². The van der Waals surface area contributed by atoms with E-state index >= 15 is 0 Å². The minimum absolute atomic E-state index is 0.0776. The van der Waals surface area contributed by atoms with E-state index in [0.29, 0.717) is 11.1 Å². The fourth-order valence-corrected chi connectivity index (χ4v) is 11.6. The van der Waals surface area contributed by atoms with Gasteiger partial charge >= 0.3 is 0 Å². The number of benzene rings is 4. The standard InChI is InChI=1S/C42H40N2O2P2/c45-41(35-25-15-29-39(35)47(31-17-5-1-6-18-31)32-19-7-2-8-20-32)43-37-27-13-14-28-38(37)44-42(46)36-26-16-30-40(36)48(33-21-9-3-10-22-33)34-23-11-4-12-24-34/h1-12,15-26,29-30,37-38,43-46H,13-14,27-28H2/p-2/b41-35-,42-36?/t37-,38-/m1/s1. The van der Waals surface area contributed by atoms with Crippen molar-refractivity contribution in [3.05, 3.63) is 191 Å². The van der Waals surface area contributed by atoms with Crippen LogP contribution in [0.15, 0.2) is 191 Å². The number of hydrogen-bond acceptors (Lipinski definition) is 4. The Labute approximate surface area is 286 Å². The van der Waals surface area contributed by atoms with Gasteiger partial charge in [-0.05, 0) is 83.4 Å². The molecule has 0 amide bonds. The topological polar surface area (TPSA) is 70.2 Å². The summed E-state index contributed by atoms with van der Waals surface area (Å²) in [6, 6.07) is 41.5. The van der Waals surface area contributed by atoms with Gasteiger partial charge in [0.05, 0.1) is 0 Å². The fourth-order valence-electron chi connectivity index (χ4n) is 6.73. The van der Waals surface area contributed by atoms with Crippen molar-refractivity contribution in [3.63, 3.8) is 0 Å². The number of allylic oxidation sites excluding steroid dienone is 10. The van der Waals surface area contributed by atoms with Crippen molar-refractivity contribution in [1.29, 1.82) is 0 Å². The predicted octanol–water partition coefficient (Wildman–Crippen LogP) is 5.79. The highest BCUT2D eigenvalue weighted by Gasteiger charge is 2.28. The lowest BCUT2D eigenvalue weighted by atomic mass is 9.90. The molecule has 0 radical (unpaired) electrons. The van der Waals surface area contributed by atoms with E-state index in [1.807, 2.05) is 48.6 Å². The lowest BCUT2D eigenvalue weighted by molar-refractivity contribution is -0.318. The summed E-state index contributed by atoms with van der Waals surface area (Å²) in [4.78, 5) is 0. The molecule has 2 N–H and O–H groups in total. The van der Waals surface area contributed by atoms with Gasteiger partial charge in [0.1, 0.15) is 0 Å². The molecule has 240 valence electrons. The van der Waals surface area contributed by atoms with Crippen LogP contribution in [0, 0.1) is 0 Å². The molecule has 4 aromatic rings. The zero-order valence-electron chi connectivity index (χ0n) is 26.7. The first-order chi connectivity index (χ1) is 23.7. The van der Waals surface area contributed by atoms with Gasteiger partial charge in [-0.2, -0.15) is 0 Å². The quantitative estimate of drug-likeness (QED) is 0.166. The Morgan fingerprint density at radius 3 is 1.10 bits per heavy atom. The van der Waals surface area contributed by atoms with E-state index in [0.717, 1.165) is 36.3 Å². The van der Waals surface area contributed by atoms with Gasteiger partial charge in [0, 0.05) is 12.1 Å². The van der Waals surface area contributed by atoms with Crippen LogP contribution in [-0.2, 0) is 0 Å². The largest absolute Gasteiger partial charge is 0.860 e. The molecule has 2 atom stereocenters. The normalized spacial score (nSPS) is 20.9.